The van der Waals surface area contributed by atoms with Crippen LogP contribution in [0, 0.1) is 11.7 Å². The fraction of sp³-hybridized carbons (Fsp3) is 0.412. The van der Waals surface area contributed by atoms with Crippen LogP contribution in [0.3, 0.4) is 0 Å². The monoisotopic (exact) mass is 317 g/mol. The fourth-order valence-corrected chi connectivity index (χ4v) is 3.05. The summed E-state index contributed by atoms with van der Waals surface area (Å²) in [7, 11) is 0. The number of rotatable bonds is 4. The zero-order chi connectivity index (χ0) is 16.2. The highest BCUT2D eigenvalue weighted by atomic mass is 19.1. The second kappa shape index (κ2) is 6.91. The number of halogens is 1. The number of benzene rings is 1. The lowest BCUT2D eigenvalue weighted by Gasteiger charge is -2.27. The molecule has 23 heavy (non-hydrogen) atoms. The first kappa shape index (κ1) is 15.7. The number of hydrogen-bond acceptors (Lipinski definition) is 3. The molecule has 3 N–H and O–H groups in total. The van der Waals surface area contributed by atoms with E-state index in [-0.39, 0.29) is 24.4 Å². The molecule has 1 aromatic heterocycles. The minimum Gasteiger partial charge on any atom is -0.396 e. The number of nitrogens with zero attached hydrogens (tertiary/aromatic N) is 1. The molecule has 1 amide bonds. The molecule has 1 aromatic carbocycles. The number of nitrogens with one attached hydrogen (secondary N) is 2. The Morgan fingerprint density at radius 2 is 1.96 bits per heavy atom. The van der Waals surface area contributed by atoms with Crippen molar-refractivity contribution >= 4 is 5.91 Å². The molecule has 0 atom stereocenters. The summed E-state index contributed by atoms with van der Waals surface area (Å²) in [5, 5.41) is 19.0. The number of hydrogen-bond donors (Lipinski definition) is 3. The van der Waals surface area contributed by atoms with Crippen LogP contribution < -0.4 is 5.32 Å². The summed E-state index contributed by atoms with van der Waals surface area (Å²) in [6.45, 7) is 0.219. The molecule has 1 heterocycles. The van der Waals surface area contributed by atoms with Crippen LogP contribution in [0.4, 0.5) is 4.39 Å². The number of H-pyrrole nitrogens is 1. The van der Waals surface area contributed by atoms with Gasteiger partial charge >= 0.3 is 0 Å². The van der Waals surface area contributed by atoms with Crippen LogP contribution in [0.1, 0.15) is 36.0 Å². The highest BCUT2D eigenvalue weighted by molar-refractivity contribution is 5.99. The van der Waals surface area contributed by atoms with E-state index in [1.165, 1.54) is 18.3 Å². The van der Waals surface area contributed by atoms with Gasteiger partial charge in [-0.25, -0.2) is 4.39 Å². The normalized spacial score (nSPS) is 21.1. The number of aliphatic hydroxyl groups excluding tert-OH is 1. The molecule has 1 fully saturated rings. The molecule has 0 bridgehead atoms. The summed E-state index contributed by atoms with van der Waals surface area (Å²) in [5.74, 6) is -0.141. The molecule has 0 unspecified atom stereocenters. The quantitative estimate of drug-likeness (QED) is 0.811. The van der Waals surface area contributed by atoms with Crippen molar-refractivity contribution in [1.82, 2.24) is 15.5 Å². The first-order valence-corrected chi connectivity index (χ1v) is 7.88. The molecule has 2 aromatic rings. The van der Waals surface area contributed by atoms with Crippen molar-refractivity contribution in [2.75, 3.05) is 6.61 Å². The van der Waals surface area contributed by atoms with Gasteiger partial charge in [0.2, 0.25) is 0 Å². The first-order valence-electron chi connectivity index (χ1n) is 7.88. The Labute approximate surface area is 133 Å². The smallest absolute Gasteiger partial charge is 0.255 e. The van der Waals surface area contributed by atoms with Gasteiger partial charge in [-0.3, -0.25) is 9.89 Å². The maximum atomic E-state index is 13.0. The van der Waals surface area contributed by atoms with Gasteiger partial charge in [0, 0.05) is 18.2 Å². The molecule has 3 rings (SSSR count). The summed E-state index contributed by atoms with van der Waals surface area (Å²) in [4.78, 5) is 12.5. The van der Waals surface area contributed by atoms with Gasteiger partial charge in [-0.2, -0.15) is 5.10 Å². The molecule has 1 saturated carbocycles. The van der Waals surface area contributed by atoms with Crippen molar-refractivity contribution in [1.29, 1.82) is 0 Å². The topological polar surface area (TPSA) is 78.0 Å². The van der Waals surface area contributed by atoms with Crippen LogP contribution in [0.5, 0.6) is 0 Å². The van der Waals surface area contributed by atoms with E-state index in [0.29, 0.717) is 17.2 Å². The number of aromatic amines is 1. The largest absolute Gasteiger partial charge is 0.396 e. The summed E-state index contributed by atoms with van der Waals surface area (Å²) < 4.78 is 13.0. The highest BCUT2D eigenvalue weighted by Gasteiger charge is 2.24. The van der Waals surface area contributed by atoms with Crippen molar-refractivity contribution in [3.05, 3.63) is 41.8 Å². The lowest BCUT2D eigenvalue weighted by Crippen LogP contribution is -2.38. The minimum atomic E-state index is -0.320. The maximum absolute atomic E-state index is 13.0. The Kier molecular flexibility index (Phi) is 4.71. The van der Waals surface area contributed by atoms with Crippen molar-refractivity contribution < 1.29 is 14.3 Å². The Morgan fingerprint density at radius 3 is 2.61 bits per heavy atom. The van der Waals surface area contributed by atoms with Gasteiger partial charge in [-0.15, -0.1) is 0 Å². The van der Waals surface area contributed by atoms with Crippen molar-refractivity contribution in [2.24, 2.45) is 5.92 Å². The third-order valence-corrected chi connectivity index (χ3v) is 4.46. The molecule has 6 heteroatoms. The molecular weight excluding hydrogens is 297 g/mol. The zero-order valence-corrected chi connectivity index (χ0v) is 12.8. The van der Waals surface area contributed by atoms with Crippen LogP contribution in [0.25, 0.3) is 11.3 Å². The fourth-order valence-electron chi connectivity index (χ4n) is 3.05. The lowest BCUT2D eigenvalue weighted by molar-refractivity contribution is 0.0914. The predicted molar refractivity (Wildman–Crippen MR) is 84.3 cm³/mol. The molecule has 1 aliphatic carbocycles. The Morgan fingerprint density at radius 1 is 1.26 bits per heavy atom. The number of carbonyl (C=O) groups excluding carboxylic acids is 1. The molecule has 0 spiro atoms. The molecule has 0 saturated heterocycles. The summed E-state index contributed by atoms with van der Waals surface area (Å²) in [6.07, 6.45) is 5.10. The van der Waals surface area contributed by atoms with Gasteiger partial charge in [0.05, 0.1) is 17.5 Å². The van der Waals surface area contributed by atoms with Gasteiger partial charge in [-0.1, -0.05) is 0 Å². The van der Waals surface area contributed by atoms with E-state index in [1.54, 1.807) is 12.1 Å². The van der Waals surface area contributed by atoms with E-state index >= 15 is 0 Å². The van der Waals surface area contributed by atoms with Crippen LogP contribution in [-0.2, 0) is 0 Å². The van der Waals surface area contributed by atoms with Gasteiger partial charge in [-0.05, 0) is 55.9 Å². The number of carbonyl (C=O) groups is 1. The average molecular weight is 317 g/mol. The lowest BCUT2D eigenvalue weighted by atomic mass is 9.86. The van der Waals surface area contributed by atoms with E-state index in [2.05, 4.69) is 15.5 Å². The predicted octanol–water partition coefficient (Wildman–Crippen LogP) is 2.50. The third kappa shape index (κ3) is 3.59. The summed E-state index contributed by atoms with van der Waals surface area (Å²) in [5.41, 5.74) is 1.77. The number of amides is 1. The second-order valence-corrected chi connectivity index (χ2v) is 6.04. The van der Waals surface area contributed by atoms with E-state index in [9.17, 15) is 9.18 Å². The molecular formula is C17H20FN3O2. The Bertz CT molecular complexity index is 661. The Balaban J connectivity index is 1.69. The van der Waals surface area contributed by atoms with Gasteiger partial charge in [0.15, 0.2) is 0 Å². The Hall–Kier alpha value is -2.21. The molecule has 5 nitrogen and oxygen atoms in total. The van der Waals surface area contributed by atoms with Gasteiger partial charge in [0.1, 0.15) is 5.82 Å². The van der Waals surface area contributed by atoms with Crippen LogP contribution >= 0.6 is 0 Å². The van der Waals surface area contributed by atoms with Crippen LogP contribution in [0.15, 0.2) is 30.5 Å². The van der Waals surface area contributed by atoms with Crippen molar-refractivity contribution in [2.45, 2.75) is 31.7 Å². The van der Waals surface area contributed by atoms with Crippen molar-refractivity contribution in [3.8, 4) is 11.3 Å². The molecule has 122 valence electrons. The number of aliphatic hydroxyl groups is 1. The van der Waals surface area contributed by atoms with Crippen LogP contribution in [-0.4, -0.2) is 33.9 Å². The molecule has 0 radical (unpaired) electrons. The standard InChI is InChI=1S/C17H20FN3O2/c18-13-5-3-12(4-6-13)16-15(9-19-21-16)17(23)20-14-7-1-11(10-22)2-8-14/h3-6,9,11,14,22H,1-2,7-8,10H2,(H,19,21)(H,20,23). The second-order valence-electron chi connectivity index (χ2n) is 6.04. The molecule has 0 aliphatic heterocycles. The summed E-state index contributed by atoms with van der Waals surface area (Å²) in [6, 6.07) is 6.07. The zero-order valence-electron chi connectivity index (χ0n) is 12.8. The third-order valence-electron chi connectivity index (χ3n) is 4.46. The van der Waals surface area contributed by atoms with E-state index in [0.717, 1.165) is 31.2 Å². The maximum Gasteiger partial charge on any atom is 0.255 e. The van der Waals surface area contributed by atoms with Crippen molar-refractivity contribution in [3.63, 3.8) is 0 Å². The highest BCUT2D eigenvalue weighted by Crippen LogP contribution is 2.25. The minimum absolute atomic E-state index is 0.126. The van der Waals surface area contributed by atoms with Crippen LogP contribution in [0.2, 0.25) is 0 Å². The summed E-state index contributed by atoms with van der Waals surface area (Å²) >= 11 is 0. The van der Waals surface area contributed by atoms with E-state index in [1.807, 2.05) is 0 Å². The molecule has 1 aliphatic rings. The first-order chi connectivity index (χ1) is 11.2. The van der Waals surface area contributed by atoms with Gasteiger partial charge in [0.25, 0.3) is 5.91 Å². The number of aromatic nitrogens is 2. The van der Waals surface area contributed by atoms with Gasteiger partial charge < -0.3 is 10.4 Å². The average Bonchev–Trinajstić information content (AvgIpc) is 3.06. The van der Waals surface area contributed by atoms with E-state index < -0.39 is 0 Å². The van der Waals surface area contributed by atoms with E-state index in [4.69, 9.17) is 5.11 Å². The SMILES string of the molecule is O=C(NC1CCC(CO)CC1)c1cn[nH]c1-c1ccc(F)cc1.